The van der Waals surface area contributed by atoms with E-state index < -0.39 is 40.6 Å². The van der Waals surface area contributed by atoms with Crippen LogP contribution in [0, 0.1) is 29.2 Å². The van der Waals surface area contributed by atoms with E-state index in [1.807, 2.05) is 0 Å². The first-order valence-corrected chi connectivity index (χ1v) is 6.73. The summed E-state index contributed by atoms with van der Waals surface area (Å²) in [7, 11) is 0. The van der Waals surface area contributed by atoms with E-state index in [1.54, 1.807) is 0 Å². The van der Waals surface area contributed by atoms with Crippen LogP contribution in [-0.2, 0) is 9.47 Å². The maximum absolute atomic E-state index is 13.5. The lowest BCUT2D eigenvalue weighted by Gasteiger charge is -2.21. The van der Waals surface area contributed by atoms with Crippen molar-refractivity contribution in [2.75, 3.05) is 19.8 Å². The molecule has 0 aromatic heterocycles. The van der Waals surface area contributed by atoms with Gasteiger partial charge in [0.1, 0.15) is 5.56 Å². The fourth-order valence-corrected chi connectivity index (χ4v) is 2.23. The number of benzene rings is 1. The van der Waals surface area contributed by atoms with Crippen molar-refractivity contribution in [3.63, 3.8) is 0 Å². The Morgan fingerprint density at radius 3 is 2.32 bits per heavy atom. The van der Waals surface area contributed by atoms with E-state index in [4.69, 9.17) is 9.47 Å². The van der Waals surface area contributed by atoms with Gasteiger partial charge in [-0.1, -0.05) is 0 Å². The molecule has 1 N–H and O–H groups in total. The van der Waals surface area contributed by atoms with Crippen LogP contribution in [0.4, 0.5) is 17.6 Å². The van der Waals surface area contributed by atoms with Crippen LogP contribution in [0.15, 0.2) is 0 Å². The largest absolute Gasteiger partial charge is 0.504 e. The molecule has 1 saturated heterocycles. The molecule has 8 heteroatoms. The van der Waals surface area contributed by atoms with Crippen molar-refractivity contribution < 1.29 is 36.9 Å². The molecule has 0 amide bonds. The highest BCUT2D eigenvalue weighted by Gasteiger charge is 2.30. The molecule has 1 aromatic carbocycles. The third-order valence-electron chi connectivity index (χ3n) is 3.55. The first-order chi connectivity index (χ1) is 10.4. The third kappa shape index (κ3) is 3.32. The molecule has 0 radical (unpaired) electrons. The average Bonchev–Trinajstić information content (AvgIpc) is 2.52. The summed E-state index contributed by atoms with van der Waals surface area (Å²) in [5.74, 6) is -11.2. The van der Waals surface area contributed by atoms with E-state index in [1.165, 1.54) is 0 Å². The molecule has 22 heavy (non-hydrogen) atoms. The second kappa shape index (κ2) is 6.95. The zero-order valence-electron chi connectivity index (χ0n) is 11.5. The highest BCUT2D eigenvalue weighted by Crippen LogP contribution is 2.30. The number of hydrogen-bond acceptors (Lipinski definition) is 4. The van der Waals surface area contributed by atoms with Crippen molar-refractivity contribution in [2.24, 2.45) is 5.92 Å². The van der Waals surface area contributed by atoms with Crippen LogP contribution in [0.3, 0.4) is 0 Å². The van der Waals surface area contributed by atoms with Gasteiger partial charge in [-0.15, -0.1) is 0 Å². The van der Waals surface area contributed by atoms with Crippen molar-refractivity contribution in [2.45, 2.75) is 19.3 Å². The van der Waals surface area contributed by atoms with Crippen LogP contribution in [0.1, 0.15) is 29.6 Å². The van der Waals surface area contributed by atoms with E-state index in [2.05, 4.69) is 0 Å². The Labute approximate surface area is 123 Å². The molecule has 0 unspecified atom stereocenters. The van der Waals surface area contributed by atoms with Gasteiger partial charge >= 0.3 is 5.97 Å². The number of ether oxygens (including phenoxy) is 2. The highest BCUT2D eigenvalue weighted by molar-refractivity contribution is 5.92. The molecule has 1 fully saturated rings. The molecule has 0 bridgehead atoms. The molecule has 2 rings (SSSR count). The van der Waals surface area contributed by atoms with Gasteiger partial charge in [-0.25, -0.2) is 18.0 Å². The third-order valence-corrected chi connectivity index (χ3v) is 3.55. The average molecular weight is 322 g/mol. The lowest BCUT2D eigenvalue weighted by molar-refractivity contribution is 0.0363. The number of aromatic hydroxyl groups is 1. The van der Waals surface area contributed by atoms with Crippen molar-refractivity contribution >= 4 is 5.97 Å². The summed E-state index contributed by atoms with van der Waals surface area (Å²) in [6.07, 6.45) is 2.05. The summed E-state index contributed by atoms with van der Waals surface area (Å²) >= 11 is 0. The van der Waals surface area contributed by atoms with Gasteiger partial charge in [0.05, 0.1) is 6.61 Å². The predicted octanol–water partition coefficient (Wildman–Crippen LogP) is 2.92. The van der Waals surface area contributed by atoms with E-state index in [0.29, 0.717) is 19.6 Å². The van der Waals surface area contributed by atoms with Gasteiger partial charge in [0, 0.05) is 13.2 Å². The Hall–Kier alpha value is -1.83. The zero-order valence-corrected chi connectivity index (χ0v) is 11.5. The van der Waals surface area contributed by atoms with Crippen LogP contribution in [-0.4, -0.2) is 30.9 Å². The van der Waals surface area contributed by atoms with Gasteiger partial charge in [0.2, 0.25) is 11.6 Å². The van der Waals surface area contributed by atoms with Gasteiger partial charge in [-0.05, 0) is 25.2 Å². The van der Waals surface area contributed by atoms with Gasteiger partial charge in [-0.3, -0.25) is 0 Å². The number of phenols is 1. The number of hydrogen-bond donors (Lipinski definition) is 1. The molecule has 0 spiro atoms. The monoisotopic (exact) mass is 322 g/mol. The fourth-order valence-electron chi connectivity index (χ4n) is 2.23. The highest BCUT2D eigenvalue weighted by atomic mass is 19.2. The predicted molar refractivity (Wildman–Crippen MR) is 66.4 cm³/mol. The number of phenolic OH excluding ortho intramolecular Hbond substituents is 1. The number of rotatable bonds is 4. The Morgan fingerprint density at radius 1 is 1.09 bits per heavy atom. The smallest absolute Gasteiger partial charge is 0.345 e. The summed E-state index contributed by atoms with van der Waals surface area (Å²) in [5, 5.41) is 9.26. The van der Waals surface area contributed by atoms with Crippen LogP contribution in [0.5, 0.6) is 5.75 Å². The molecule has 0 saturated carbocycles. The number of carbonyl (C=O) groups is 1. The minimum Gasteiger partial charge on any atom is -0.504 e. The van der Waals surface area contributed by atoms with Gasteiger partial charge in [-0.2, -0.15) is 4.39 Å². The Balaban J connectivity index is 2.03. The minimum absolute atomic E-state index is 0.108. The van der Waals surface area contributed by atoms with Crippen LogP contribution in [0.2, 0.25) is 0 Å². The Bertz CT molecular complexity index is 541. The van der Waals surface area contributed by atoms with Gasteiger partial charge in [0.15, 0.2) is 17.4 Å². The minimum atomic E-state index is -2.19. The van der Waals surface area contributed by atoms with Crippen molar-refractivity contribution in [3.8, 4) is 5.75 Å². The van der Waals surface area contributed by atoms with Crippen molar-refractivity contribution in [1.82, 2.24) is 0 Å². The first-order valence-electron chi connectivity index (χ1n) is 6.73. The fraction of sp³-hybridized carbons (Fsp3) is 0.500. The van der Waals surface area contributed by atoms with E-state index in [-0.39, 0.29) is 12.5 Å². The lowest BCUT2D eigenvalue weighted by Crippen LogP contribution is -2.19. The molecule has 0 atom stereocenters. The molecule has 0 aliphatic carbocycles. The van der Waals surface area contributed by atoms with Crippen LogP contribution in [0.25, 0.3) is 0 Å². The molecule has 1 aliphatic heterocycles. The van der Waals surface area contributed by atoms with Crippen molar-refractivity contribution in [3.05, 3.63) is 28.8 Å². The molecule has 1 aliphatic rings. The van der Waals surface area contributed by atoms with E-state index >= 15 is 0 Å². The summed E-state index contributed by atoms with van der Waals surface area (Å²) < 4.78 is 62.5. The van der Waals surface area contributed by atoms with Gasteiger partial charge < -0.3 is 14.6 Å². The molecular formula is C14H14F4O4. The van der Waals surface area contributed by atoms with Crippen LogP contribution < -0.4 is 0 Å². The van der Waals surface area contributed by atoms with E-state index in [9.17, 15) is 27.5 Å². The second-order valence-corrected chi connectivity index (χ2v) is 4.96. The first kappa shape index (κ1) is 16.5. The Kier molecular flexibility index (Phi) is 5.23. The maximum Gasteiger partial charge on any atom is 0.345 e. The van der Waals surface area contributed by atoms with Crippen molar-refractivity contribution in [1.29, 1.82) is 0 Å². The zero-order chi connectivity index (χ0) is 16.3. The second-order valence-electron chi connectivity index (χ2n) is 4.96. The Morgan fingerprint density at radius 2 is 1.68 bits per heavy atom. The molecule has 1 heterocycles. The van der Waals surface area contributed by atoms with Crippen LogP contribution >= 0.6 is 0 Å². The number of carbonyl (C=O) groups excluding carboxylic acids is 1. The number of esters is 1. The molecular weight excluding hydrogens is 308 g/mol. The molecule has 4 nitrogen and oxygen atoms in total. The van der Waals surface area contributed by atoms with Gasteiger partial charge in [0.25, 0.3) is 0 Å². The quantitative estimate of drug-likeness (QED) is 0.401. The lowest BCUT2D eigenvalue weighted by atomic mass is 9.97. The molecule has 1 aromatic rings. The SMILES string of the molecule is O=C(OCCC1CCOCC1)c1c(O)c(F)c(F)c(F)c1F. The normalized spacial score (nSPS) is 15.8. The summed E-state index contributed by atoms with van der Waals surface area (Å²) in [6, 6.07) is 0. The summed E-state index contributed by atoms with van der Waals surface area (Å²) in [4.78, 5) is 11.6. The van der Waals surface area contributed by atoms with E-state index in [0.717, 1.165) is 12.8 Å². The summed E-state index contributed by atoms with van der Waals surface area (Å²) in [6.45, 7) is 1.09. The topological polar surface area (TPSA) is 55.8 Å². The number of halogens is 4. The molecule has 122 valence electrons. The maximum atomic E-state index is 13.5. The standard InChI is InChI=1S/C14H14F4O4/c15-9-8(13(19)12(18)11(17)10(9)16)14(20)22-6-3-7-1-4-21-5-2-7/h7,19H,1-6H2. The summed E-state index contributed by atoms with van der Waals surface area (Å²) in [5.41, 5.74) is -1.34.